The molecule has 1 saturated heterocycles. The minimum atomic E-state index is 0.243. The van der Waals surface area contributed by atoms with Crippen LogP contribution in [0.5, 0.6) is 0 Å². The molecule has 0 aromatic heterocycles. The van der Waals surface area contributed by atoms with E-state index < -0.39 is 0 Å². The van der Waals surface area contributed by atoms with E-state index in [0.29, 0.717) is 6.10 Å². The average molecular weight is 275 g/mol. The molecule has 2 aliphatic rings. The molecule has 1 aliphatic carbocycles. The fourth-order valence-corrected chi connectivity index (χ4v) is 3.94. The fourth-order valence-electron chi connectivity index (χ4n) is 3.49. The number of hydrogen-bond acceptors (Lipinski definition) is 1. The zero-order valence-corrected chi connectivity index (χ0v) is 11.4. The number of halogens is 1. The summed E-state index contributed by atoms with van der Waals surface area (Å²) in [6.45, 7) is 2.31. The third kappa shape index (κ3) is 2.41. The molecule has 1 saturated carbocycles. The van der Waals surface area contributed by atoms with E-state index in [9.17, 15) is 0 Å². The molecule has 1 aliphatic heterocycles. The van der Waals surface area contributed by atoms with Crippen LogP contribution in [0.3, 0.4) is 0 Å². The lowest BCUT2D eigenvalue weighted by atomic mass is 9.77. The second kappa shape index (κ2) is 5.18. The molecule has 0 N–H and O–H groups in total. The maximum absolute atomic E-state index is 6.41. The highest BCUT2D eigenvalue weighted by Crippen LogP contribution is 2.45. The fraction of sp³-hybridized carbons (Fsp3) is 1.00. The summed E-state index contributed by atoms with van der Waals surface area (Å²) in [6.07, 6.45) is 11.3. The molecular weight excluding hydrogens is 252 g/mol. The monoisotopic (exact) mass is 274 g/mol. The van der Waals surface area contributed by atoms with E-state index in [1.807, 2.05) is 0 Å². The van der Waals surface area contributed by atoms with Gasteiger partial charge in [-0.15, -0.1) is 0 Å². The molecule has 1 heterocycles. The molecule has 0 spiro atoms. The molecule has 2 heteroatoms. The van der Waals surface area contributed by atoms with E-state index in [2.05, 4.69) is 22.9 Å². The zero-order valence-electron chi connectivity index (χ0n) is 9.80. The van der Waals surface area contributed by atoms with Gasteiger partial charge in [0, 0.05) is 5.33 Å². The Morgan fingerprint density at radius 2 is 1.93 bits per heavy atom. The molecule has 0 aromatic carbocycles. The molecule has 0 amide bonds. The third-order valence-corrected chi connectivity index (χ3v) is 5.12. The summed E-state index contributed by atoms with van der Waals surface area (Å²) in [5, 5.41) is 1.02. The van der Waals surface area contributed by atoms with Gasteiger partial charge in [0.05, 0.1) is 11.7 Å². The van der Waals surface area contributed by atoms with Gasteiger partial charge in [-0.25, -0.2) is 0 Å². The lowest BCUT2D eigenvalue weighted by Gasteiger charge is -2.44. The van der Waals surface area contributed by atoms with Gasteiger partial charge in [-0.3, -0.25) is 0 Å². The van der Waals surface area contributed by atoms with Gasteiger partial charge in [-0.05, 0) is 44.4 Å². The molecule has 2 rings (SSSR count). The molecule has 2 unspecified atom stereocenters. The van der Waals surface area contributed by atoms with Crippen molar-refractivity contribution in [3.63, 3.8) is 0 Å². The van der Waals surface area contributed by atoms with Crippen molar-refractivity contribution in [2.75, 3.05) is 5.33 Å². The smallest absolute Gasteiger partial charge is 0.0712 e. The SMILES string of the molecule is CCC1(C2CCCC2)CCCC(CBr)O1. The summed E-state index contributed by atoms with van der Waals surface area (Å²) in [5.41, 5.74) is 0.243. The molecule has 1 nitrogen and oxygen atoms in total. The van der Waals surface area contributed by atoms with E-state index in [1.54, 1.807) is 0 Å². The van der Waals surface area contributed by atoms with Crippen molar-refractivity contribution in [2.24, 2.45) is 5.92 Å². The van der Waals surface area contributed by atoms with Gasteiger partial charge in [-0.2, -0.15) is 0 Å². The lowest BCUT2D eigenvalue weighted by molar-refractivity contribution is -0.152. The van der Waals surface area contributed by atoms with Crippen LogP contribution in [-0.2, 0) is 4.74 Å². The van der Waals surface area contributed by atoms with Crippen molar-refractivity contribution in [2.45, 2.75) is 70.0 Å². The van der Waals surface area contributed by atoms with Crippen LogP contribution in [0.1, 0.15) is 58.3 Å². The number of ether oxygens (including phenoxy) is 1. The predicted octanol–water partition coefficient (Wildman–Crippen LogP) is 4.29. The van der Waals surface area contributed by atoms with Crippen LogP contribution in [-0.4, -0.2) is 17.0 Å². The molecule has 0 radical (unpaired) electrons. The summed E-state index contributed by atoms with van der Waals surface area (Å²) in [5.74, 6) is 0.851. The van der Waals surface area contributed by atoms with Crippen molar-refractivity contribution in [1.29, 1.82) is 0 Å². The van der Waals surface area contributed by atoms with Gasteiger partial charge >= 0.3 is 0 Å². The van der Waals surface area contributed by atoms with Gasteiger partial charge in [-0.1, -0.05) is 35.7 Å². The summed E-state index contributed by atoms with van der Waals surface area (Å²) < 4.78 is 6.41. The van der Waals surface area contributed by atoms with Crippen LogP contribution in [0.4, 0.5) is 0 Å². The Morgan fingerprint density at radius 1 is 1.20 bits per heavy atom. The van der Waals surface area contributed by atoms with Crippen LogP contribution in [0.15, 0.2) is 0 Å². The standard InChI is InChI=1S/C13H23BrO/c1-2-13(11-6-3-4-7-11)9-5-8-12(10-14)15-13/h11-12H,2-10H2,1H3. The van der Waals surface area contributed by atoms with Crippen molar-refractivity contribution in [3.8, 4) is 0 Å². The summed E-state index contributed by atoms with van der Waals surface area (Å²) in [7, 11) is 0. The number of alkyl halides is 1. The highest BCUT2D eigenvalue weighted by molar-refractivity contribution is 9.09. The topological polar surface area (TPSA) is 9.23 Å². The number of hydrogen-bond donors (Lipinski definition) is 0. The van der Waals surface area contributed by atoms with Crippen molar-refractivity contribution in [1.82, 2.24) is 0 Å². The third-order valence-electron chi connectivity index (χ3n) is 4.40. The Bertz CT molecular complexity index is 201. The maximum atomic E-state index is 6.41. The molecular formula is C13H23BrO. The summed E-state index contributed by atoms with van der Waals surface area (Å²) in [6, 6.07) is 0. The second-order valence-electron chi connectivity index (χ2n) is 5.19. The van der Waals surface area contributed by atoms with Crippen LogP contribution in [0, 0.1) is 5.92 Å². The average Bonchev–Trinajstić information content (AvgIpc) is 2.83. The number of rotatable bonds is 3. The van der Waals surface area contributed by atoms with Crippen molar-refractivity contribution in [3.05, 3.63) is 0 Å². The quantitative estimate of drug-likeness (QED) is 0.698. The van der Waals surface area contributed by atoms with Gasteiger partial charge in [0.15, 0.2) is 0 Å². The normalized spacial score (nSPS) is 38.4. The summed E-state index contributed by atoms with van der Waals surface area (Å²) >= 11 is 3.58. The molecule has 88 valence electrons. The minimum absolute atomic E-state index is 0.243. The Morgan fingerprint density at radius 3 is 2.53 bits per heavy atom. The summed E-state index contributed by atoms with van der Waals surface area (Å²) in [4.78, 5) is 0. The molecule has 0 aromatic rings. The van der Waals surface area contributed by atoms with Gasteiger partial charge in [0.2, 0.25) is 0 Å². The van der Waals surface area contributed by atoms with Crippen LogP contribution >= 0.6 is 15.9 Å². The zero-order chi connectivity index (χ0) is 10.7. The molecule has 2 atom stereocenters. The first-order chi connectivity index (χ1) is 7.30. The predicted molar refractivity (Wildman–Crippen MR) is 67.5 cm³/mol. The highest BCUT2D eigenvalue weighted by Gasteiger charge is 2.42. The van der Waals surface area contributed by atoms with E-state index in [0.717, 1.165) is 11.2 Å². The van der Waals surface area contributed by atoms with Gasteiger partial charge < -0.3 is 4.74 Å². The molecule has 2 fully saturated rings. The minimum Gasteiger partial charge on any atom is -0.371 e. The lowest BCUT2D eigenvalue weighted by Crippen LogP contribution is -2.46. The van der Waals surface area contributed by atoms with E-state index in [4.69, 9.17) is 4.74 Å². The van der Waals surface area contributed by atoms with Crippen LogP contribution in [0.25, 0.3) is 0 Å². The Balaban J connectivity index is 2.05. The van der Waals surface area contributed by atoms with Crippen molar-refractivity contribution >= 4 is 15.9 Å². The molecule has 0 bridgehead atoms. The first kappa shape index (κ1) is 11.9. The maximum Gasteiger partial charge on any atom is 0.0712 e. The van der Waals surface area contributed by atoms with E-state index in [-0.39, 0.29) is 5.60 Å². The van der Waals surface area contributed by atoms with Gasteiger partial charge in [0.25, 0.3) is 0 Å². The van der Waals surface area contributed by atoms with Gasteiger partial charge in [0.1, 0.15) is 0 Å². The Hall–Kier alpha value is 0.440. The first-order valence-electron chi connectivity index (χ1n) is 6.54. The first-order valence-corrected chi connectivity index (χ1v) is 7.66. The highest BCUT2D eigenvalue weighted by atomic mass is 79.9. The van der Waals surface area contributed by atoms with E-state index in [1.165, 1.54) is 51.4 Å². The molecule has 15 heavy (non-hydrogen) atoms. The van der Waals surface area contributed by atoms with Crippen LogP contribution < -0.4 is 0 Å². The Kier molecular flexibility index (Phi) is 4.11. The van der Waals surface area contributed by atoms with Crippen molar-refractivity contribution < 1.29 is 4.74 Å². The van der Waals surface area contributed by atoms with Crippen LogP contribution in [0.2, 0.25) is 0 Å². The van der Waals surface area contributed by atoms with E-state index >= 15 is 0 Å². The Labute approximate surface area is 102 Å². The largest absolute Gasteiger partial charge is 0.371 e. The second-order valence-corrected chi connectivity index (χ2v) is 5.83.